The van der Waals surface area contributed by atoms with Crippen LogP contribution in [0.1, 0.15) is 73.4 Å². The minimum absolute atomic E-state index is 0.625. The lowest BCUT2D eigenvalue weighted by atomic mass is 9.86. The van der Waals surface area contributed by atoms with E-state index >= 15 is 0 Å². The van der Waals surface area contributed by atoms with Crippen molar-refractivity contribution in [3.63, 3.8) is 0 Å². The normalized spacial score (nSPS) is 11.1. The first-order valence-electron chi connectivity index (χ1n) is 10.0. The van der Waals surface area contributed by atoms with Crippen LogP contribution in [-0.2, 0) is 25.8 Å². The van der Waals surface area contributed by atoms with Crippen LogP contribution in [0.4, 0.5) is 0 Å². The topological polar surface area (TPSA) is 26.0 Å². The maximum atomic E-state index is 5.97. The maximum Gasteiger partial charge on any atom is 0.0180 e. The van der Waals surface area contributed by atoms with Crippen molar-refractivity contribution in [2.24, 2.45) is 5.73 Å². The Morgan fingerprint density at radius 3 is 1.64 bits per heavy atom. The highest BCUT2D eigenvalue weighted by Gasteiger charge is 2.14. The zero-order chi connectivity index (χ0) is 18.4. The van der Waals surface area contributed by atoms with Gasteiger partial charge in [0.05, 0.1) is 0 Å². The van der Waals surface area contributed by atoms with Gasteiger partial charge in [-0.3, -0.25) is 0 Å². The molecule has 0 unspecified atom stereocenters. The average Bonchev–Trinajstić information content (AvgIpc) is 2.59. The van der Waals surface area contributed by atoms with Crippen molar-refractivity contribution >= 4 is 0 Å². The van der Waals surface area contributed by atoms with Gasteiger partial charge in [-0.15, -0.1) is 0 Å². The molecule has 0 aromatic heterocycles. The molecule has 0 aliphatic heterocycles. The highest BCUT2D eigenvalue weighted by atomic mass is 14.5. The lowest BCUT2D eigenvalue weighted by Crippen LogP contribution is -2.04. The molecule has 2 aromatic rings. The van der Waals surface area contributed by atoms with Gasteiger partial charge in [-0.05, 0) is 77.6 Å². The second-order valence-corrected chi connectivity index (χ2v) is 7.33. The Balaban J connectivity index is 2.69. The van der Waals surface area contributed by atoms with E-state index in [1.165, 1.54) is 57.3 Å². The molecule has 0 aliphatic rings. The standard InChI is InChI=1S/C24H35N/c1-6-9-19-15-24(20(10-7-2)12-17(19)4)23-13-18(5)22(16-25)14-21(23)11-8-3/h12-15H,6-11,16,25H2,1-5H3. The van der Waals surface area contributed by atoms with Crippen LogP contribution in [0, 0.1) is 13.8 Å². The van der Waals surface area contributed by atoms with E-state index in [0.29, 0.717) is 6.54 Å². The molecular formula is C24H35N. The summed E-state index contributed by atoms with van der Waals surface area (Å²) in [6, 6.07) is 9.64. The zero-order valence-electron chi connectivity index (χ0n) is 16.8. The molecule has 0 aliphatic carbocycles. The van der Waals surface area contributed by atoms with Crippen molar-refractivity contribution in [2.45, 2.75) is 79.7 Å². The summed E-state index contributed by atoms with van der Waals surface area (Å²) in [7, 11) is 0. The molecule has 1 nitrogen and oxygen atoms in total. The molecule has 25 heavy (non-hydrogen) atoms. The van der Waals surface area contributed by atoms with E-state index < -0.39 is 0 Å². The van der Waals surface area contributed by atoms with Gasteiger partial charge < -0.3 is 5.73 Å². The number of hydrogen-bond donors (Lipinski definition) is 1. The van der Waals surface area contributed by atoms with Gasteiger partial charge in [0, 0.05) is 6.54 Å². The Hall–Kier alpha value is -1.60. The van der Waals surface area contributed by atoms with Crippen molar-refractivity contribution in [3.8, 4) is 11.1 Å². The van der Waals surface area contributed by atoms with Crippen LogP contribution in [0.3, 0.4) is 0 Å². The third-order valence-corrected chi connectivity index (χ3v) is 5.19. The Labute approximate surface area is 154 Å². The second kappa shape index (κ2) is 9.20. The van der Waals surface area contributed by atoms with E-state index in [9.17, 15) is 0 Å². The molecule has 0 fully saturated rings. The van der Waals surface area contributed by atoms with E-state index in [0.717, 1.165) is 25.7 Å². The summed E-state index contributed by atoms with van der Waals surface area (Å²) in [6.45, 7) is 11.9. The second-order valence-electron chi connectivity index (χ2n) is 7.33. The summed E-state index contributed by atoms with van der Waals surface area (Å²) >= 11 is 0. The van der Waals surface area contributed by atoms with Crippen LogP contribution >= 0.6 is 0 Å². The van der Waals surface area contributed by atoms with E-state index in [2.05, 4.69) is 58.9 Å². The minimum Gasteiger partial charge on any atom is -0.326 e. The fourth-order valence-corrected chi connectivity index (χ4v) is 3.83. The molecule has 2 N–H and O–H groups in total. The Morgan fingerprint density at radius 1 is 0.600 bits per heavy atom. The van der Waals surface area contributed by atoms with Crippen molar-refractivity contribution < 1.29 is 0 Å². The van der Waals surface area contributed by atoms with Crippen LogP contribution < -0.4 is 5.73 Å². The molecule has 0 amide bonds. The van der Waals surface area contributed by atoms with Gasteiger partial charge in [0.1, 0.15) is 0 Å². The van der Waals surface area contributed by atoms with E-state index in [4.69, 9.17) is 5.73 Å². The van der Waals surface area contributed by atoms with Crippen LogP contribution in [0.15, 0.2) is 24.3 Å². The fourth-order valence-electron chi connectivity index (χ4n) is 3.83. The molecule has 0 spiro atoms. The monoisotopic (exact) mass is 337 g/mol. The Kier molecular flexibility index (Phi) is 7.25. The van der Waals surface area contributed by atoms with E-state index in [-0.39, 0.29) is 0 Å². The van der Waals surface area contributed by atoms with E-state index in [1.54, 1.807) is 0 Å². The largest absolute Gasteiger partial charge is 0.326 e. The molecular weight excluding hydrogens is 302 g/mol. The van der Waals surface area contributed by atoms with Gasteiger partial charge in [-0.1, -0.05) is 64.3 Å². The Bertz CT molecular complexity index is 713. The number of hydrogen-bond acceptors (Lipinski definition) is 1. The summed E-state index contributed by atoms with van der Waals surface area (Å²) in [4.78, 5) is 0. The van der Waals surface area contributed by atoms with Gasteiger partial charge in [-0.25, -0.2) is 0 Å². The van der Waals surface area contributed by atoms with Gasteiger partial charge >= 0.3 is 0 Å². The third kappa shape index (κ3) is 4.52. The molecule has 0 saturated carbocycles. The highest BCUT2D eigenvalue weighted by molar-refractivity contribution is 5.73. The van der Waals surface area contributed by atoms with Crippen molar-refractivity contribution in [1.82, 2.24) is 0 Å². The van der Waals surface area contributed by atoms with Crippen LogP contribution in [0.5, 0.6) is 0 Å². The summed E-state index contributed by atoms with van der Waals surface area (Å²) in [5, 5.41) is 0. The summed E-state index contributed by atoms with van der Waals surface area (Å²) in [5.41, 5.74) is 17.3. The minimum atomic E-state index is 0.625. The predicted molar refractivity (Wildman–Crippen MR) is 111 cm³/mol. The zero-order valence-corrected chi connectivity index (χ0v) is 16.8. The van der Waals surface area contributed by atoms with Gasteiger partial charge in [-0.2, -0.15) is 0 Å². The third-order valence-electron chi connectivity index (χ3n) is 5.19. The molecule has 0 heterocycles. The fraction of sp³-hybridized carbons (Fsp3) is 0.500. The average molecular weight is 338 g/mol. The van der Waals surface area contributed by atoms with Gasteiger partial charge in [0.25, 0.3) is 0 Å². The summed E-state index contributed by atoms with van der Waals surface area (Å²) in [5.74, 6) is 0. The Morgan fingerprint density at radius 2 is 1.08 bits per heavy atom. The first kappa shape index (κ1) is 19.7. The molecule has 0 bridgehead atoms. The number of benzene rings is 2. The SMILES string of the molecule is CCCc1cc(-c2cc(C)c(CN)cc2CCC)c(CCC)cc1C. The van der Waals surface area contributed by atoms with Crippen LogP contribution in [0.2, 0.25) is 0 Å². The lowest BCUT2D eigenvalue weighted by Gasteiger charge is -2.19. The molecule has 136 valence electrons. The molecule has 0 saturated heterocycles. The van der Waals surface area contributed by atoms with Gasteiger partial charge in [0.15, 0.2) is 0 Å². The predicted octanol–water partition coefficient (Wildman–Crippen LogP) is 6.29. The van der Waals surface area contributed by atoms with Crippen molar-refractivity contribution in [3.05, 3.63) is 57.6 Å². The summed E-state index contributed by atoms with van der Waals surface area (Å²) < 4.78 is 0. The quantitative estimate of drug-likeness (QED) is 0.602. The molecule has 2 aromatic carbocycles. The van der Waals surface area contributed by atoms with Crippen molar-refractivity contribution in [1.29, 1.82) is 0 Å². The first-order valence-corrected chi connectivity index (χ1v) is 10.0. The first-order chi connectivity index (χ1) is 12.0. The van der Waals surface area contributed by atoms with Crippen LogP contribution in [0.25, 0.3) is 11.1 Å². The maximum absolute atomic E-state index is 5.97. The molecule has 0 radical (unpaired) electrons. The number of rotatable bonds is 8. The van der Waals surface area contributed by atoms with Crippen LogP contribution in [-0.4, -0.2) is 0 Å². The highest BCUT2D eigenvalue weighted by Crippen LogP contribution is 2.33. The molecule has 2 rings (SSSR count). The number of aryl methyl sites for hydroxylation is 5. The van der Waals surface area contributed by atoms with Gasteiger partial charge in [0.2, 0.25) is 0 Å². The number of nitrogens with two attached hydrogens (primary N) is 1. The smallest absolute Gasteiger partial charge is 0.0180 e. The summed E-state index contributed by atoms with van der Waals surface area (Å²) in [6.07, 6.45) is 6.96. The van der Waals surface area contributed by atoms with Crippen molar-refractivity contribution in [2.75, 3.05) is 0 Å². The molecule has 1 heteroatoms. The molecule has 0 atom stereocenters. The van der Waals surface area contributed by atoms with E-state index in [1.807, 2.05) is 0 Å². The lowest BCUT2D eigenvalue weighted by molar-refractivity contribution is 0.892.